The average Bonchev–Trinajstić information content (AvgIpc) is 2.69. The summed E-state index contributed by atoms with van der Waals surface area (Å²) in [5.74, 6) is 0. The summed E-state index contributed by atoms with van der Waals surface area (Å²) in [4.78, 5) is 3.85. The summed E-state index contributed by atoms with van der Waals surface area (Å²) in [5.41, 5.74) is -0.529. The minimum Gasteiger partial charge on any atom is -0.481 e. The van der Waals surface area contributed by atoms with Gasteiger partial charge in [-0.3, -0.25) is 0 Å². The van der Waals surface area contributed by atoms with Crippen LogP contribution in [0.4, 0.5) is 13.2 Å². The van der Waals surface area contributed by atoms with Gasteiger partial charge in [0.25, 0.3) is 0 Å². The first-order valence-electron chi connectivity index (χ1n) is 4.48. The lowest BCUT2D eigenvalue weighted by Crippen LogP contribution is -2.12. The van der Waals surface area contributed by atoms with E-state index in [2.05, 4.69) is 20.9 Å². The van der Waals surface area contributed by atoms with E-state index in [0.717, 1.165) is 6.07 Å². The maximum atomic E-state index is 12.8. The van der Waals surface area contributed by atoms with E-state index in [0.29, 0.717) is 4.47 Å². The Balaban J connectivity index is 2.47. The summed E-state index contributed by atoms with van der Waals surface area (Å²) in [6.45, 7) is 0.157. The molecule has 1 aromatic carbocycles. The molecule has 1 heterocycles. The summed E-state index contributed by atoms with van der Waals surface area (Å²) in [6.07, 6.45) is -3.19. The van der Waals surface area contributed by atoms with Crippen molar-refractivity contribution in [1.29, 1.82) is 0 Å². The molecule has 2 nitrogen and oxygen atoms in total. The molecule has 0 fully saturated rings. The van der Waals surface area contributed by atoms with Crippen LogP contribution in [0.15, 0.2) is 27.7 Å². The standard InChI is InChI=1S/C10H7BrF3NO/c11-6-1-2-7(9-4-16-5-15-9)8(3-6)10(12,13)14/h1-3,5,9H,4H2. The van der Waals surface area contributed by atoms with E-state index >= 15 is 0 Å². The number of hydrogen-bond donors (Lipinski definition) is 0. The van der Waals surface area contributed by atoms with Crippen LogP contribution in [-0.4, -0.2) is 13.0 Å². The Morgan fingerprint density at radius 2 is 2.12 bits per heavy atom. The Morgan fingerprint density at radius 3 is 2.69 bits per heavy atom. The van der Waals surface area contributed by atoms with Gasteiger partial charge in [0.05, 0.1) is 5.56 Å². The van der Waals surface area contributed by atoms with Gasteiger partial charge in [-0.2, -0.15) is 13.2 Å². The van der Waals surface area contributed by atoms with Crippen LogP contribution in [-0.2, 0) is 10.9 Å². The number of hydrogen-bond acceptors (Lipinski definition) is 2. The summed E-state index contributed by atoms with van der Waals surface area (Å²) >= 11 is 3.03. The van der Waals surface area contributed by atoms with Crippen LogP contribution in [0, 0.1) is 0 Å². The van der Waals surface area contributed by atoms with Crippen LogP contribution in [0.2, 0.25) is 0 Å². The van der Waals surface area contributed by atoms with Crippen molar-refractivity contribution in [1.82, 2.24) is 0 Å². The van der Waals surface area contributed by atoms with Crippen molar-refractivity contribution in [3.05, 3.63) is 33.8 Å². The van der Waals surface area contributed by atoms with Gasteiger partial charge in [-0.1, -0.05) is 22.0 Å². The molecule has 0 saturated heterocycles. The molecule has 0 saturated carbocycles. The number of rotatable bonds is 1. The lowest BCUT2D eigenvalue weighted by molar-refractivity contribution is -0.138. The predicted octanol–water partition coefficient (Wildman–Crippen LogP) is 3.57. The van der Waals surface area contributed by atoms with Crippen LogP contribution in [0.25, 0.3) is 0 Å². The number of aliphatic imine (C=N–C) groups is 1. The van der Waals surface area contributed by atoms with E-state index in [1.54, 1.807) is 6.07 Å². The highest BCUT2D eigenvalue weighted by molar-refractivity contribution is 9.10. The van der Waals surface area contributed by atoms with Gasteiger partial charge in [-0.15, -0.1) is 0 Å². The van der Waals surface area contributed by atoms with E-state index in [1.807, 2.05) is 0 Å². The lowest BCUT2D eigenvalue weighted by Gasteiger charge is -2.15. The molecule has 1 unspecified atom stereocenters. The third-order valence-corrected chi connectivity index (χ3v) is 2.74. The van der Waals surface area contributed by atoms with Gasteiger partial charge in [0, 0.05) is 4.47 Å². The van der Waals surface area contributed by atoms with Crippen molar-refractivity contribution in [3.63, 3.8) is 0 Å². The summed E-state index contributed by atoms with van der Waals surface area (Å²) in [6, 6.07) is 3.48. The lowest BCUT2D eigenvalue weighted by atomic mass is 10.0. The molecule has 6 heteroatoms. The third-order valence-electron chi connectivity index (χ3n) is 2.25. The first-order chi connectivity index (χ1) is 7.48. The van der Waals surface area contributed by atoms with Crippen LogP contribution in [0.3, 0.4) is 0 Å². The Morgan fingerprint density at radius 1 is 1.38 bits per heavy atom. The molecule has 0 amide bonds. The van der Waals surface area contributed by atoms with Gasteiger partial charge < -0.3 is 4.74 Å². The minimum atomic E-state index is -4.38. The van der Waals surface area contributed by atoms with Crippen molar-refractivity contribution >= 4 is 22.3 Å². The molecule has 1 aliphatic heterocycles. The second kappa shape index (κ2) is 4.08. The van der Waals surface area contributed by atoms with Crippen molar-refractivity contribution in [2.24, 2.45) is 4.99 Å². The fraction of sp³-hybridized carbons (Fsp3) is 0.300. The molecule has 1 atom stereocenters. The molecular weight excluding hydrogens is 287 g/mol. The van der Waals surface area contributed by atoms with E-state index in [1.165, 1.54) is 12.5 Å². The van der Waals surface area contributed by atoms with Gasteiger partial charge in [0.15, 0.2) is 6.40 Å². The molecule has 0 aromatic heterocycles. The molecule has 0 N–H and O–H groups in total. The second-order valence-electron chi connectivity index (χ2n) is 3.33. The summed E-state index contributed by atoms with van der Waals surface area (Å²) in [5, 5.41) is 0. The molecule has 1 aromatic rings. The minimum absolute atomic E-state index is 0.143. The second-order valence-corrected chi connectivity index (χ2v) is 4.25. The fourth-order valence-corrected chi connectivity index (χ4v) is 1.89. The van der Waals surface area contributed by atoms with E-state index in [4.69, 9.17) is 4.74 Å². The Bertz CT molecular complexity index is 431. The van der Waals surface area contributed by atoms with Crippen LogP contribution in [0.1, 0.15) is 17.2 Å². The molecular formula is C10H7BrF3NO. The SMILES string of the molecule is FC(F)(F)c1cc(Br)ccc1C1COC=N1. The monoisotopic (exact) mass is 293 g/mol. The molecule has 0 radical (unpaired) electrons. The highest BCUT2D eigenvalue weighted by atomic mass is 79.9. The fourth-order valence-electron chi connectivity index (χ4n) is 1.53. The first kappa shape index (κ1) is 11.4. The van der Waals surface area contributed by atoms with E-state index < -0.39 is 17.8 Å². The number of halogens is 4. The smallest absolute Gasteiger partial charge is 0.416 e. The van der Waals surface area contributed by atoms with Crippen molar-refractivity contribution < 1.29 is 17.9 Å². The van der Waals surface area contributed by atoms with Gasteiger partial charge in [-0.05, 0) is 17.7 Å². The normalized spacial score (nSPS) is 19.9. The average molecular weight is 294 g/mol. The molecule has 0 spiro atoms. The number of benzene rings is 1. The number of alkyl halides is 3. The molecule has 0 bridgehead atoms. The highest BCUT2D eigenvalue weighted by Crippen LogP contribution is 2.37. The Hall–Kier alpha value is -1.04. The van der Waals surface area contributed by atoms with Gasteiger partial charge in [0.2, 0.25) is 0 Å². The quantitative estimate of drug-likeness (QED) is 0.776. The van der Waals surface area contributed by atoms with E-state index in [-0.39, 0.29) is 12.2 Å². The van der Waals surface area contributed by atoms with Gasteiger partial charge in [-0.25, -0.2) is 4.99 Å². The molecule has 16 heavy (non-hydrogen) atoms. The maximum Gasteiger partial charge on any atom is 0.416 e. The summed E-state index contributed by atoms with van der Waals surface area (Å²) < 4.78 is 43.5. The van der Waals surface area contributed by atoms with Gasteiger partial charge in [0.1, 0.15) is 12.6 Å². The van der Waals surface area contributed by atoms with Crippen molar-refractivity contribution in [2.75, 3.05) is 6.61 Å². The summed E-state index contributed by atoms with van der Waals surface area (Å²) in [7, 11) is 0. The van der Waals surface area contributed by atoms with Crippen LogP contribution < -0.4 is 0 Å². The third kappa shape index (κ3) is 2.21. The Kier molecular flexibility index (Phi) is 2.92. The van der Waals surface area contributed by atoms with Gasteiger partial charge >= 0.3 is 6.18 Å². The topological polar surface area (TPSA) is 21.6 Å². The molecule has 2 rings (SSSR count). The first-order valence-corrected chi connectivity index (χ1v) is 5.27. The van der Waals surface area contributed by atoms with E-state index in [9.17, 15) is 13.2 Å². The Labute approximate surface area is 98.3 Å². The largest absolute Gasteiger partial charge is 0.481 e. The van der Waals surface area contributed by atoms with Crippen LogP contribution >= 0.6 is 15.9 Å². The highest BCUT2D eigenvalue weighted by Gasteiger charge is 2.36. The zero-order valence-corrected chi connectivity index (χ0v) is 9.55. The zero-order chi connectivity index (χ0) is 11.8. The zero-order valence-electron chi connectivity index (χ0n) is 7.96. The number of nitrogens with zero attached hydrogens (tertiary/aromatic N) is 1. The molecule has 86 valence electrons. The number of ether oxygens (including phenoxy) is 1. The predicted molar refractivity (Wildman–Crippen MR) is 56.3 cm³/mol. The van der Waals surface area contributed by atoms with Crippen LogP contribution in [0.5, 0.6) is 0 Å². The molecule has 1 aliphatic rings. The van der Waals surface area contributed by atoms with Crippen molar-refractivity contribution in [3.8, 4) is 0 Å². The maximum absolute atomic E-state index is 12.8. The molecule has 0 aliphatic carbocycles. The van der Waals surface area contributed by atoms with Crippen molar-refractivity contribution in [2.45, 2.75) is 12.2 Å².